The molecule has 0 unspecified atom stereocenters. The van der Waals surface area contributed by atoms with Gasteiger partial charge in [-0.3, -0.25) is 4.79 Å². The Morgan fingerprint density at radius 3 is 2.03 bits per heavy atom. The molecule has 1 aromatic carbocycles. The maximum atomic E-state index is 13.4. The van der Waals surface area contributed by atoms with Crippen molar-refractivity contribution in [2.24, 2.45) is 5.73 Å². The molecule has 1 heterocycles. The summed E-state index contributed by atoms with van der Waals surface area (Å²) < 4.78 is 39.3. The Morgan fingerprint density at radius 2 is 1.60 bits per heavy atom. The van der Waals surface area contributed by atoms with Gasteiger partial charge in [0.2, 0.25) is 23.6 Å². The second-order valence-corrected chi connectivity index (χ2v) is 13.6. The van der Waals surface area contributed by atoms with Crippen LogP contribution >= 0.6 is 0 Å². The largest absolute Gasteiger partial charge is 0.481 e. The fourth-order valence-corrected chi connectivity index (χ4v) is 9.70. The third kappa shape index (κ3) is 4.56. The van der Waals surface area contributed by atoms with E-state index in [2.05, 4.69) is 14.7 Å². The van der Waals surface area contributed by atoms with Crippen molar-refractivity contribution < 1.29 is 22.7 Å². The number of nitrogens with zero attached hydrogens (tertiary/aromatic N) is 2. The summed E-state index contributed by atoms with van der Waals surface area (Å²) in [7, 11) is -3.64. The minimum Gasteiger partial charge on any atom is -0.481 e. The summed E-state index contributed by atoms with van der Waals surface area (Å²) in [4.78, 5) is 20.3. The van der Waals surface area contributed by atoms with E-state index in [1.807, 2.05) is 20.8 Å². The molecule has 0 bridgehead atoms. The van der Waals surface area contributed by atoms with E-state index < -0.39 is 24.0 Å². The van der Waals surface area contributed by atoms with E-state index in [1.54, 1.807) is 6.07 Å². The molecule has 2 aromatic rings. The predicted molar refractivity (Wildman–Crippen MR) is 118 cm³/mol. The van der Waals surface area contributed by atoms with Gasteiger partial charge in [0.25, 0.3) is 10.0 Å². The van der Waals surface area contributed by atoms with Crippen molar-refractivity contribution in [1.29, 1.82) is 0 Å². The van der Waals surface area contributed by atoms with Gasteiger partial charge >= 0.3 is 0 Å². The summed E-state index contributed by atoms with van der Waals surface area (Å²) in [6, 6.07) is 8.35. The van der Waals surface area contributed by atoms with Crippen LogP contribution in [0.1, 0.15) is 31.1 Å². The molecule has 3 N–H and O–H groups in total. The molecular formula is C19H28N4O5SSi. The fourth-order valence-electron chi connectivity index (χ4n) is 3.62. The molecule has 0 radical (unpaired) electrons. The average Bonchev–Trinajstić information content (AvgIpc) is 2.74. The summed E-state index contributed by atoms with van der Waals surface area (Å²) >= 11 is 0. The van der Waals surface area contributed by atoms with Crippen molar-refractivity contribution in [1.82, 2.24) is 9.97 Å². The number of carbonyl (C=O) groups excluding carboxylic acids is 1. The molecule has 30 heavy (non-hydrogen) atoms. The van der Waals surface area contributed by atoms with Gasteiger partial charge in [0.15, 0.2) is 0 Å². The number of primary amides is 1. The molecule has 0 aliphatic rings. The molecule has 0 saturated heterocycles. The Bertz CT molecular complexity index is 995. The van der Waals surface area contributed by atoms with Gasteiger partial charge in [-0.25, -0.2) is 13.1 Å². The Hall–Kier alpha value is -2.66. The predicted octanol–water partition coefficient (Wildman–Crippen LogP) is 2.11. The van der Waals surface area contributed by atoms with Crippen LogP contribution in [0.3, 0.4) is 0 Å². The van der Waals surface area contributed by atoms with Crippen LogP contribution in [0.5, 0.6) is 11.8 Å². The molecule has 0 fully saturated rings. The Labute approximate surface area is 178 Å². The van der Waals surface area contributed by atoms with Crippen LogP contribution in [0.2, 0.25) is 18.1 Å². The molecule has 1 aromatic heterocycles. The summed E-state index contributed by atoms with van der Waals surface area (Å²) in [6.07, 6.45) is 0. The molecule has 11 heteroatoms. The fraction of sp³-hybridized carbons (Fsp3) is 0.421. The van der Waals surface area contributed by atoms with E-state index in [-0.39, 0.29) is 28.2 Å². The lowest BCUT2D eigenvalue weighted by molar-refractivity contribution is 0.100. The van der Waals surface area contributed by atoms with Crippen molar-refractivity contribution in [3.05, 3.63) is 29.8 Å². The van der Waals surface area contributed by atoms with E-state index in [0.29, 0.717) is 5.19 Å². The zero-order chi connectivity index (χ0) is 22.5. The highest BCUT2D eigenvalue weighted by molar-refractivity contribution is 7.93. The second-order valence-electron chi connectivity index (χ2n) is 6.77. The Morgan fingerprint density at radius 1 is 1.07 bits per heavy atom. The monoisotopic (exact) mass is 452 g/mol. The maximum Gasteiger partial charge on any atom is 0.264 e. The van der Waals surface area contributed by atoms with Crippen molar-refractivity contribution in [2.75, 3.05) is 18.9 Å². The molecule has 0 saturated carbocycles. The van der Waals surface area contributed by atoms with E-state index >= 15 is 0 Å². The van der Waals surface area contributed by atoms with Crippen LogP contribution in [0.4, 0.5) is 5.95 Å². The van der Waals surface area contributed by atoms with Gasteiger partial charge in [-0.05, 0) is 17.3 Å². The summed E-state index contributed by atoms with van der Waals surface area (Å²) in [5.41, 5.74) is 5.88. The van der Waals surface area contributed by atoms with Gasteiger partial charge in [-0.1, -0.05) is 45.0 Å². The minimum absolute atomic E-state index is 0.0291. The number of sulfonamides is 1. The number of ether oxygens (including phenoxy) is 2. The maximum absolute atomic E-state index is 13.4. The van der Waals surface area contributed by atoms with E-state index in [9.17, 15) is 13.2 Å². The smallest absolute Gasteiger partial charge is 0.264 e. The number of hydrogen-bond acceptors (Lipinski definition) is 7. The highest BCUT2D eigenvalue weighted by Crippen LogP contribution is 2.27. The van der Waals surface area contributed by atoms with E-state index in [4.69, 9.17) is 15.2 Å². The van der Waals surface area contributed by atoms with Crippen LogP contribution in [0, 0.1) is 0 Å². The molecule has 1 amide bonds. The molecular weight excluding hydrogens is 424 g/mol. The zero-order valence-corrected chi connectivity index (χ0v) is 19.7. The lowest BCUT2D eigenvalue weighted by Gasteiger charge is -2.32. The van der Waals surface area contributed by atoms with Gasteiger partial charge in [-0.15, -0.1) is 0 Å². The Balaban J connectivity index is 2.71. The van der Waals surface area contributed by atoms with Crippen LogP contribution in [-0.4, -0.2) is 46.6 Å². The topological polar surface area (TPSA) is 134 Å². The highest BCUT2D eigenvalue weighted by atomic mass is 32.2. The SMILES string of the molecule is CC[Si](CC)(CC)c1c(C(N)=O)cccc1S(=O)(=O)Nc1nc(OC)cc(OC)n1. The number of rotatable bonds is 10. The van der Waals surface area contributed by atoms with Crippen molar-refractivity contribution in [3.8, 4) is 11.8 Å². The second kappa shape index (κ2) is 9.43. The number of nitrogens with one attached hydrogen (secondary N) is 1. The third-order valence-electron chi connectivity index (χ3n) is 5.46. The van der Waals surface area contributed by atoms with Crippen molar-refractivity contribution in [3.63, 3.8) is 0 Å². The molecule has 0 spiro atoms. The molecule has 0 aliphatic heterocycles. The number of aromatic nitrogens is 2. The third-order valence-corrected chi connectivity index (χ3v) is 12.7. The van der Waals surface area contributed by atoms with Crippen molar-refractivity contribution in [2.45, 2.75) is 43.8 Å². The van der Waals surface area contributed by atoms with Crippen LogP contribution in [0.25, 0.3) is 0 Å². The lowest BCUT2D eigenvalue weighted by Crippen LogP contribution is -2.51. The number of carbonyl (C=O) groups is 1. The van der Waals surface area contributed by atoms with Gasteiger partial charge in [0, 0.05) is 5.56 Å². The minimum atomic E-state index is -4.12. The van der Waals surface area contributed by atoms with Gasteiger partial charge in [-0.2, -0.15) is 9.97 Å². The van der Waals surface area contributed by atoms with Gasteiger partial charge in [0.1, 0.15) is 0 Å². The number of nitrogens with two attached hydrogens (primary N) is 1. The standard InChI is InChI=1S/C19H28N4O5SSi/c1-6-30(7-2,8-3)17-13(18(20)24)10-9-11-14(17)29(25,26)23-19-21-15(27-4)12-16(22-19)28-5/h9-12H,6-8H2,1-5H3,(H2,20,24)(H,21,22,23). The van der Waals surface area contributed by atoms with Crippen LogP contribution in [0.15, 0.2) is 29.2 Å². The molecule has 0 aliphatic carbocycles. The summed E-state index contributed by atoms with van der Waals surface area (Å²) in [5.74, 6) is -0.554. The highest BCUT2D eigenvalue weighted by Gasteiger charge is 2.38. The van der Waals surface area contributed by atoms with Crippen molar-refractivity contribution >= 4 is 35.1 Å². The van der Waals surface area contributed by atoms with E-state index in [0.717, 1.165) is 18.1 Å². The first-order valence-corrected chi connectivity index (χ1v) is 13.7. The number of methoxy groups -OCH3 is 2. The summed E-state index contributed by atoms with van der Waals surface area (Å²) in [5, 5.41) is 0.548. The number of benzene rings is 1. The van der Waals surface area contributed by atoms with Crippen LogP contribution in [-0.2, 0) is 10.0 Å². The van der Waals surface area contributed by atoms with Gasteiger partial charge < -0.3 is 15.2 Å². The number of hydrogen-bond donors (Lipinski definition) is 2. The first-order chi connectivity index (χ1) is 14.2. The van der Waals surface area contributed by atoms with Crippen LogP contribution < -0.4 is 25.1 Å². The molecule has 9 nitrogen and oxygen atoms in total. The number of amides is 1. The number of anilines is 1. The molecule has 2 rings (SSSR count). The average molecular weight is 453 g/mol. The molecule has 164 valence electrons. The first-order valence-electron chi connectivity index (χ1n) is 9.61. The zero-order valence-electron chi connectivity index (χ0n) is 17.9. The molecule has 0 atom stereocenters. The first kappa shape index (κ1) is 23.6. The lowest BCUT2D eigenvalue weighted by atomic mass is 10.2. The van der Waals surface area contributed by atoms with E-state index in [1.165, 1.54) is 32.4 Å². The Kier molecular flexibility index (Phi) is 7.42. The summed E-state index contributed by atoms with van der Waals surface area (Å²) in [6.45, 7) is 6.07. The quantitative estimate of drug-likeness (QED) is 0.527. The normalized spacial score (nSPS) is 11.8. The van der Waals surface area contributed by atoms with Gasteiger partial charge in [0.05, 0.1) is 33.3 Å².